The summed E-state index contributed by atoms with van der Waals surface area (Å²) in [4.78, 5) is 39.7. The molecule has 0 aliphatic carbocycles. The lowest BCUT2D eigenvalue weighted by molar-refractivity contribution is -0.126. The highest BCUT2D eigenvalue weighted by molar-refractivity contribution is 6.01. The van der Waals surface area contributed by atoms with Crippen molar-refractivity contribution in [1.82, 2.24) is 15.8 Å². The minimum absolute atomic E-state index is 0.0639. The number of benzene rings is 1. The summed E-state index contributed by atoms with van der Waals surface area (Å²) < 4.78 is 26.8. The molecule has 1 aromatic heterocycles. The molecular formula is C16H14F2N4O3. The molecule has 1 aromatic carbocycles. The van der Waals surface area contributed by atoms with Gasteiger partial charge in [-0.1, -0.05) is 0 Å². The second kappa shape index (κ2) is 6.71. The maximum Gasteiger partial charge on any atom is 0.286 e. The molecule has 25 heavy (non-hydrogen) atoms. The van der Waals surface area contributed by atoms with Gasteiger partial charge in [0.1, 0.15) is 17.3 Å². The van der Waals surface area contributed by atoms with E-state index < -0.39 is 35.3 Å². The van der Waals surface area contributed by atoms with E-state index in [0.29, 0.717) is 6.07 Å². The number of nitrogens with zero attached hydrogens (tertiary/aromatic N) is 1. The Morgan fingerprint density at radius 1 is 1.20 bits per heavy atom. The van der Waals surface area contributed by atoms with Gasteiger partial charge in [0, 0.05) is 25.2 Å². The van der Waals surface area contributed by atoms with Crippen LogP contribution >= 0.6 is 0 Å². The van der Waals surface area contributed by atoms with Crippen molar-refractivity contribution in [2.75, 3.05) is 11.4 Å². The molecule has 1 aliphatic heterocycles. The number of carbonyl (C=O) groups is 3. The van der Waals surface area contributed by atoms with Crippen molar-refractivity contribution in [3.8, 4) is 0 Å². The van der Waals surface area contributed by atoms with Crippen LogP contribution in [-0.4, -0.2) is 29.3 Å². The van der Waals surface area contributed by atoms with Gasteiger partial charge in [0.25, 0.3) is 5.91 Å². The zero-order valence-corrected chi connectivity index (χ0v) is 12.9. The van der Waals surface area contributed by atoms with E-state index in [0.717, 1.165) is 17.0 Å². The van der Waals surface area contributed by atoms with Crippen LogP contribution in [0.25, 0.3) is 0 Å². The highest BCUT2D eigenvalue weighted by Crippen LogP contribution is 2.27. The minimum atomic E-state index is -0.880. The van der Waals surface area contributed by atoms with E-state index in [1.165, 1.54) is 6.07 Å². The monoisotopic (exact) mass is 348 g/mol. The summed E-state index contributed by atoms with van der Waals surface area (Å²) in [5, 5.41) is 0. The second-order valence-corrected chi connectivity index (χ2v) is 5.53. The number of rotatable bonds is 3. The third kappa shape index (κ3) is 3.49. The Hall–Kier alpha value is -3.23. The third-order valence-corrected chi connectivity index (χ3v) is 3.84. The standard InChI is InChI=1S/C16H14F2N4O3/c17-10-3-4-13(11(18)7-10)22-8-9(6-14(22)23)15(24)20-21-16(25)12-2-1-5-19-12/h1-5,7,9,19H,6,8H2,(H,20,24)(H,21,25). The van der Waals surface area contributed by atoms with Crippen LogP contribution in [0.1, 0.15) is 16.9 Å². The first-order chi connectivity index (χ1) is 12.0. The Morgan fingerprint density at radius 2 is 2.00 bits per heavy atom. The van der Waals surface area contributed by atoms with Crippen molar-refractivity contribution in [1.29, 1.82) is 0 Å². The Morgan fingerprint density at radius 3 is 2.68 bits per heavy atom. The fourth-order valence-electron chi connectivity index (χ4n) is 2.58. The number of anilines is 1. The molecule has 2 aromatic rings. The molecule has 3 N–H and O–H groups in total. The van der Waals surface area contributed by atoms with Crippen molar-refractivity contribution in [3.63, 3.8) is 0 Å². The summed E-state index contributed by atoms with van der Waals surface area (Å²) in [6, 6.07) is 6.01. The van der Waals surface area contributed by atoms with Crippen LogP contribution in [-0.2, 0) is 9.59 Å². The minimum Gasteiger partial charge on any atom is -0.357 e. The molecule has 0 bridgehead atoms. The molecule has 1 atom stereocenters. The normalized spacial score (nSPS) is 16.8. The van der Waals surface area contributed by atoms with Crippen LogP contribution in [0.4, 0.5) is 14.5 Å². The Kier molecular flexibility index (Phi) is 4.46. The molecule has 1 unspecified atom stereocenters. The van der Waals surface area contributed by atoms with E-state index in [-0.39, 0.29) is 24.3 Å². The van der Waals surface area contributed by atoms with Crippen LogP contribution in [0.15, 0.2) is 36.5 Å². The lowest BCUT2D eigenvalue weighted by atomic mass is 10.1. The molecule has 0 saturated carbocycles. The molecule has 3 amide bonds. The first kappa shape index (κ1) is 16.6. The topological polar surface area (TPSA) is 94.3 Å². The van der Waals surface area contributed by atoms with Crippen molar-refractivity contribution in [3.05, 3.63) is 53.9 Å². The van der Waals surface area contributed by atoms with Gasteiger partial charge in [-0.3, -0.25) is 25.2 Å². The van der Waals surface area contributed by atoms with Crippen LogP contribution in [0, 0.1) is 17.6 Å². The van der Waals surface area contributed by atoms with E-state index in [2.05, 4.69) is 15.8 Å². The van der Waals surface area contributed by atoms with E-state index in [1.807, 2.05) is 0 Å². The number of halogens is 2. The number of aromatic amines is 1. The number of hydrazine groups is 1. The molecule has 1 fully saturated rings. The van der Waals surface area contributed by atoms with Gasteiger partial charge in [-0.25, -0.2) is 8.78 Å². The van der Waals surface area contributed by atoms with Crippen molar-refractivity contribution in [2.45, 2.75) is 6.42 Å². The lowest BCUT2D eigenvalue weighted by Crippen LogP contribution is -2.45. The van der Waals surface area contributed by atoms with Gasteiger partial charge < -0.3 is 9.88 Å². The summed E-state index contributed by atoms with van der Waals surface area (Å²) in [5.74, 6) is -3.96. The predicted molar refractivity (Wildman–Crippen MR) is 83.2 cm³/mol. The highest BCUT2D eigenvalue weighted by atomic mass is 19.1. The number of nitrogens with one attached hydrogen (secondary N) is 3. The fraction of sp³-hybridized carbons (Fsp3) is 0.188. The van der Waals surface area contributed by atoms with Gasteiger partial charge in [-0.15, -0.1) is 0 Å². The first-order valence-electron chi connectivity index (χ1n) is 7.44. The van der Waals surface area contributed by atoms with Crippen LogP contribution in [0.2, 0.25) is 0 Å². The average molecular weight is 348 g/mol. The largest absolute Gasteiger partial charge is 0.357 e. The van der Waals surface area contributed by atoms with Gasteiger partial charge in [0.15, 0.2) is 0 Å². The number of aromatic nitrogens is 1. The molecule has 0 radical (unpaired) electrons. The second-order valence-electron chi connectivity index (χ2n) is 5.53. The van der Waals surface area contributed by atoms with Gasteiger partial charge in [-0.05, 0) is 24.3 Å². The number of amides is 3. The van der Waals surface area contributed by atoms with E-state index in [1.54, 1.807) is 12.3 Å². The molecule has 0 spiro atoms. The van der Waals surface area contributed by atoms with Crippen molar-refractivity contribution in [2.24, 2.45) is 5.92 Å². The Labute approximate surface area is 141 Å². The Bertz CT molecular complexity index is 823. The van der Waals surface area contributed by atoms with E-state index >= 15 is 0 Å². The Balaban J connectivity index is 1.61. The van der Waals surface area contributed by atoms with Crippen molar-refractivity contribution >= 4 is 23.4 Å². The van der Waals surface area contributed by atoms with E-state index in [9.17, 15) is 23.2 Å². The fourth-order valence-corrected chi connectivity index (χ4v) is 2.58. The smallest absolute Gasteiger partial charge is 0.286 e. The van der Waals surface area contributed by atoms with Gasteiger partial charge in [0.05, 0.1) is 11.6 Å². The van der Waals surface area contributed by atoms with Crippen LogP contribution in [0.5, 0.6) is 0 Å². The number of hydrogen-bond acceptors (Lipinski definition) is 3. The van der Waals surface area contributed by atoms with Gasteiger partial charge in [-0.2, -0.15) is 0 Å². The SMILES string of the molecule is O=C(NNC(=O)C1CC(=O)N(c2ccc(F)cc2F)C1)c1ccc[nH]1. The zero-order valence-electron chi connectivity index (χ0n) is 12.9. The maximum atomic E-state index is 13.8. The molecule has 7 nitrogen and oxygen atoms in total. The van der Waals surface area contributed by atoms with E-state index in [4.69, 9.17) is 0 Å². The van der Waals surface area contributed by atoms with Gasteiger partial charge >= 0.3 is 0 Å². The highest BCUT2D eigenvalue weighted by Gasteiger charge is 2.36. The molecule has 3 rings (SSSR count). The number of carbonyl (C=O) groups excluding carboxylic acids is 3. The zero-order chi connectivity index (χ0) is 18.0. The average Bonchev–Trinajstić information content (AvgIpc) is 3.22. The summed E-state index contributed by atoms with van der Waals surface area (Å²) in [7, 11) is 0. The van der Waals surface area contributed by atoms with Crippen molar-refractivity contribution < 1.29 is 23.2 Å². The summed E-state index contributed by atoms with van der Waals surface area (Å²) >= 11 is 0. The third-order valence-electron chi connectivity index (χ3n) is 3.84. The quantitative estimate of drug-likeness (QED) is 0.725. The number of H-pyrrole nitrogens is 1. The summed E-state index contributed by atoms with van der Waals surface area (Å²) in [6.45, 7) is -0.0639. The molecule has 9 heteroatoms. The first-order valence-corrected chi connectivity index (χ1v) is 7.44. The molecule has 1 aliphatic rings. The molecule has 2 heterocycles. The predicted octanol–water partition coefficient (Wildman–Crippen LogP) is 1.11. The molecular weight excluding hydrogens is 334 g/mol. The molecule has 130 valence electrons. The maximum absolute atomic E-state index is 13.8. The lowest BCUT2D eigenvalue weighted by Gasteiger charge is -2.17. The summed E-state index contributed by atoms with van der Waals surface area (Å²) in [5.41, 5.74) is 4.64. The van der Waals surface area contributed by atoms with Crippen LogP contribution in [0.3, 0.4) is 0 Å². The van der Waals surface area contributed by atoms with Crippen LogP contribution < -0.4 is 15.8 Å². The molecule has 1 saturated heterocycles. The summed E-state index contributed by atoms with van der Waals surface area (Å²) in [6.07, 6.45) is 1.42. The number of hydrogen-bond donors (Lipinski definition) is 3. The van der Waals surface area contributed by atoms with Gasteiger partial charge in [0.2, 0.25) is 11.8 Å².